The van der Waals surface area contributed by atoms with E-state index in [2.05, 4.69) is 25.2 Å². The molecule has 0 saturated heterocycles. The zero-order chi connectivity index (χ0) is 13.3. The summed E-state index contributed by atoms with van der Waals surface area (Å²) < 4.78 is 7.43. The van der Waals surface area contributed by atoms with Crippen LogP contribution in [0.1, 0.15) is 19.0 Å². The zero-order valence-electron chi connectivity index (χ0n) is 11.2. The Kier molecular flexibility index (Phi) is 5.84. The molecule has 0 aliphatic heterocycles. The lowest BCUT2D eigenvalue weighted by molar-refractivity contribution is 0.147. The molecular formula is C13H20N4OS. The predicted octanol–water partition coefficient (Wildman–Crippen LogP) is 2.42. The van der Waals surface area contributed by atoms with Crippen LogP contribution in [0.25, 0.3) is 0 Å². The Morgan fingerprint density at radius 1 is 1.42 bits per heavy atom. The van der Waals surface area contributed by atoms with Gasteiger partial charge in [-0.25, -0.2) is 9.97 Å². The number of nitrogens with one attached hydrogen (secondary N) is 1. The lowest BCUT2D eigenvalue weighted by atomic mass is 10.3. The summed E-state index contributed by atoms with van der Waals surface area (Å²) in [7, 11) is 0. The Labute approximate surface area is 117 Å². The average Bonchev–Trinajstić information content (AvgIpc) is 3.07. The highest BCUT2D eigenvalue weighted by Gasteiger charge is 2.03. The molecule has 0 aliphatic rings. The van der Waals surface area contributed by atoms with Crippen molar-refractivity contribution in [1.82, 2.24) is 14.5 Å². The SMILES string of the molecule is CCOCCCNc1nccn1CCc1cscn1. The van der Waals surface area contributed by atoms with E-state index < -0.39 is 0 Å². The van der Waals surface area contributed by atoms with Gasteiger partial charge in [-0.05, 0) is 13.3 Å². The second-order valence-corrected chi connectivity index (χ2v) is 4.87. The van der Waals surface area contributed by atoms with Crippen LogP contribution in [-0.2, 0) is 17.7 Å². The molecule has 0 amide bonds. The van der Waals surface area contributed by atoms with Crippen molar-refractivity contribution in [1.29, 1.82) is 0 Å². The first-order valence-electron chi connectivity index (χ1n) is 6.60. The van der Waals surface area contributed by atoms with E-state index in [9.17, 15) is 0 Å². The first kappa shape index (κ1) is 14.0. The van der Waals surface area contributed by atoms with Crippen LogP contribution in [0.15, 0.2) is 23.3 Å². The van der Waals surface area contributed by atoms with Crippen molar-refractivity contribution in [3.8, 4) is 0 Å². The van der Waals surface area contributed by atoms with Crippen molar-refractivity contribution >= 4 is 17.3 Å². The lowest BCUT2D eigenvalue weighted by Crippen LogP contribution is -2.11. The van der Waals surface area contributed by atoms with Crippen molar-refractivity contribution in [2.45, 2.75) is 26.3 Å². The number of ether oxygens (including phenoxy) is 1. The van der Waals surface area contributed by atoms with E-state index in [0.717, 1.165) is 50.8 Å². The minimum Gasteiger partial charge on any atom is -0.382 e. The van der Waals surface area contributed by atoms with E-state index in [4.69, 9.17) is 4.74 Å². The van der Waals surface area contributed by atoms with Crippen LogP contribution in [0.4, 0.5) is 5.95 Å². The van der Waals surface area contributed by atoms with E-state index in [-0.39, 0.29) is 0 Å². The summed E-state index contributed by atoms with van der Waals surface area (Å²) in [5.74, 6) is 0.923. The molecule has 2 rings (SSSR count). The fourth-order valence-electron chi connectivity index (χ4n) is 1.77. The molecule has 0 unspecified atom stereocenters. The lowest BCUT2D eigenvalue weighted by Gasteiger charge is -2.09. The van der Waals surface area contributed by atoms with Crippen LogP contribution in [0, 0.1) is 0 Å². The minimum absolute atomic E-state index is 0.780. The van der Waals surface area contributed by atoms with Gasteiger partial charge in [-0.1, -0.05) is 0 Å². The van der Waals surface area contributed by atoms with E-state index >= 15 is 0 Å². The van der Waals surface area contributed by atoms with Gasteiger partial charge in [0, 0.05) is 50.5 Å². The summed E-state index contributed by atoms with van der Waals surface area (Å²) in [5, 5.41) is 5.43. The van der Waals surface area contributed by atoms with Crippen molar-refractivity contribution in [3.05, 3.63) is 29.0 Å². The van der Waals surface area contributed by atoms with Gasteiger partial charge in [0.25, 0.3) is 0 Å². The molecule has 1 N–H and O–H groups in total. The van der Waals surface area contributed by atoms with E-state index in [1.807, 2.05) is 24.8 Å². The molecule has 104 valence electrons. The van der Waals surface area contributed by atoms with Gasteiger partial charge in [-0.2, -0.15) is 0 Å². The molecular weight excluding hydrogens is 260 g/mol. The molecule has 0 bridgehead atoms. The second-order valence-electron chi connectivity index (χ2n) is 4.15. The van der Waals surface area contributed by atoms with Crippen LogP contribution in [-0.4, -0.2) is 34.3 Å². The number of rotatable bonds is 9. The molecule has 5 nitrogen and oxygen atoms in total. The van der Waals surface area contributed by atoms with Crippen LogP contribution in [0.5, 0.6) is 0 Å². The molecule has 2 heterocycles. The molecule has 0 aromatic carbocycles. The van der Waals surface area contributed by atoms with Crippen molar-refractivity contribution < 1.29 is 4.74 Å². The number of hydrogen-bond acceptors (Lipinski definition) is 5. The Balaban J connectivity index is 1.74. The Hall–Kier alpha value is -1.40. The van der Waals surface area contributed by atoms with Crippen LogP contribution in [0.3, 0.4) is 0 Å². The monoisotopic (exact) mass is 280 g/mol. The van der Waals surface area contributed by atoms with E-state index in [0.29, 0.717) is 0 Å². The molecule has 19 heavy (non-hydrogen) atoms. The first-order valence-corrected chi connectivity index (χ1v) is 7.54. The summed E-state index contributed by atoms with van der Waals surface area (Å²) in [6, 6.07) is 0. The third kappa shape index (κ3) is 4.65. The molecule has 0 aliphatic carbocycles. The number of aryl methyl sites for hydroxylation is 2. The highest BCUT2D eigenvalue weighted by molar-refractivity contribution is 7.07. The van der Waals surface area contributed by atoms with E-state index in [1.54, 1.807) is 11.3 Å². The van der Waals surface area contributed by atoms with Gasteiger partial charge in [0.1, 0.15) is 0 Å². The summed E-state index contributed by atoms with van der Waals surface area (Å²) in [6.07, 6.45) is 5.75. The molecule has 0 atom stereocenters. The molecule has 2 aromatic heterocycles. The number of hydrogen-bond donors (Lipinski definition) is 1. The Morgan fingerprint density at radius 2 is 2.37 bits per heavy atom. The number of thiazole rings is 1. The topological polar surface area (TPSA) is 52.0 Å². The van der Waals surface area contributed by atoms with Gasteiger partial charge in [0.15, 0.2) is 0 Å². The quantitative estimate of drug-likeness (QED) is 0.717. The number of imidazole rings is 1. The maximum absolute atomic E-state index is 5.31. The van der Waals surface area contributed by atoms with Gasteiger partial charge < -0.3 is 14.6 Å². The van der Waals surface area contributed by atoms with Crippen molar-refractivity contribution in [3.63, 3.8) is 0 Å². The fraction of sp³-hybridized carbons (Fsp3) is 0.538. The molecule has 2 aromatic rings. The zero-order valence-corrected chi connectivity index (χ0v) is 12.0. The van der Waals surface area contributed by atoms with Crippen LogP contribution >= 0.6 is 11.3 Å². The summed E-state index contributed by atoms with van der Waals surface area (Å²) >= 11 is 1.64. The van der Waals surface area contributed by atoms with Crippen LogP contribution in [0.2, 0.25) is 0 Å². The average molecular weight is 280 g/mol. The summed E-state index contributed by atoms with van der Waals surface area (Å²) in [4.78, 5) is 8.62. The normalized spacial score (nSPS) is 10.8. The highest BCUT2D eigenvalue weighted by atomic mass is 32.1. The molecule has 0 fully saturated rings. The predicted molar refractivity (Wildman–Crippen MR) is 77.6 cm³/mol. The fourth-order valence-corrected chi connectivity index (χ4v) is 2.36. The minimum atomic E-state index is 0.780. The molecule has 6 heteroatoms. The number of anilines is 1. The van der Waals surface area contributed by atoms with Crippen molar-refractivity contribution in [2.24, 2.45) is 0 Å². The maximum atomic E-state index is 5.31. The van der Waals surface area contributed by atoms with Crippen LogP contribution < -0.4 is 5.32 Å². The Bertz CT molecular complexity index is 455. The summed E-state index contributed by atoms with van der Waals surface area (Å²) in [6.45, 7) is 5.37. The van der Waals surface area contributed by atoms with Gasteiger partial charge in [-0.3, -0.25) is 0 Å². The third-order valence-electron chi connectivity index (χ3n) is 2.76. The van der Waals surface area contributed by atoms with Crippen molar-refractivity contribution in [2.75, 3.05) is 25.1 Å². The second kappa shape index (κ2) is 7.91. The summed E-state index contributed by atoms with van der Waals surface area (Å²) in [5.41, 5.74) is 3.01. The maximum Gasteiger partial charge on any atom is 0.202 e. The first-order chi connectivity index (χ1) is 9.40. The standard InChI is InChI=1S/C13H20N4OS/c1-2-18-9-3-5-14-13-15-6-8-17(13)7-4-12-10-19-11-16-12/h6,8,10-11H,2-5,7,9H2,1H3,(H,14,15). The molecule has 0 radical (unpaired) electrons. The van der Waals surface area contributed by atoms with Gasteiger partial charge in [0.2, 0.25) is 5.95 Å². The number of nitrogens with zero attached hydrogens (tertiary/aromatic N) is 3. The van der Waals surface area contributed by atoms with Gasteiger partial charge >= 0.3 is 0 Å². The third-order valence-corrected chi connectivity index (χ3v) is 3.40. The smallest absolute Gasteiger partial charge is 0.202 e. The Morgan fingerprint density at radius 3 is 3.16 bits per heavy atom. The van der Waals surface area contributed by atoms with Gasteiger partial charge in [-0.15, -0.1) is 11.3 Å². The van der Waals surface area contributed by atoms with E-state index in [1.165, 1.54) is 0 Å². The molecule has 0 spiro atoms. The largest absolute Gasteiger partial charge is 0.382 e. The highest BCUT2D eigenvalue weighted by Crippen LogP contribution is 2.08. The number of aromatic nitrogens is 3. The molecule has 0 saturated carbocycles. The van der Waals surface area contributed by atoms with Gasteiger partial charge in [0.05, 0.1) is 11.2 Å².